The number of hydrogen-bond acceptors (Lipinski definition) is 6. The molecule has 1 aliphatic rings. The monoisotopic (exact) mass is 439 g/mol. The molecule has 0 atom stereocenters. The highest BCUT2D eigenvalue weighted by molar-refractivity contribution is 7.15. The highest BCUT2D eigenvalue weighted by Gasteiger charge is 2.25. The number of hydrogen-bond donors (Lipinski definition) is 1. The highest BCUT2D eigenvalue weighted by atomic mass is 32.1. The van der Waals surface area contributed by atoms with Crippen LogP contribution >= 0.6 is 11.3 Å². The van der Waals surface area contributed by atoms with Crippen LogP contribution in [0.25, 0.3) is 10.6 Å². The first-order valence-electron chi connectivity index (χ1n) is 10.1. The topological polar surface area (TPSA) is 72.9 Å². The van der Waals surface area contributed by atoms with Crippen LogP contribution in [-0.2, 0) is 13.0 Å². The number of benzene rings is 2. The second-order valence-corrected chi connectivity index (χ2v) is 8.10. The normalized spacial score (nSPS) is 12.8. The summed E-state index contributed by atoms with van der Waals surface area (Å²) in [6.07, 6.45) is 0.728. The predicted molar refractivity (Wildman–Crippen MR) is 121 cm³/mol. The maximum Gasteiger partial charge on any atom is 0.322 e. The molecule has 0 saturated heterocycles. The SMILES string of the molecule is CCOc1ccc(-c2nc3c(s2)CN(C(=O)Nc2cc(OC)ccc2OC)CC3)cc1. The molecule has 0 aliphatic carbocycles. The first kappa shape index (κ1) is 21.0. The number of fused-ring (bicyclic) bond motifs is 1. The first-order chi connectivity index (χ1) is 15.1. The Labute approximate surface area is 185 Å². The summed E-state index contributed by atoms with van der Waals surface area (Å²) in [5.41, 5.74) is 2.70. The summed E-state index contributed by atoms with van der Waals surface area (Å²) in [5, 5.41) is 3.91. The van der Waals surface area contributed by atoms with Crippen LogP contribution < -0.4 is 19.5 Å². The van der Waals surface area contributed by atoms with Crippen LogP contribution in [0.3, 0.4) is 0 Å². The number of ether oxygens (including phenoxy) is 3. The lowest BCUT2D eigenvalue weighted by atomic mass is 10.2. The molecule has 0 spiro atoms. The lowest BCUT2D eigenvalue weighted by Crippen LogP contribution is -2.38. The zero-order valence-electron chi connectivity index (χ0n) is 17.8. The van der Waals surface area contributed by atoms with E-state index in [0.29, 0.717) is 36.9 Å². The van der Waals surface area contributed by atoms with Gasteiger partial charge in [0.05, 0.1) is 38.8 Å². The number of urea groups is 1. The molecule has 7 nitrogen and oxygen atoms in total. The Morgan fingerprint density at radius 2 is 1.90 bits per heavy atom. The predicted octanol–water partition coefficient (Wildman–Crippen LogP) is 4.82. The van der Waals surface area contributed by atoms with Crippen molar-refractivity contribution in [3.05, 3.63) is 53.0 Å². The van der Waals surface area contributed by atoms with Crippen molar-refractivity contribution in [2.24, 2.45) is 0 Å². The maximum atomic E-state index is 12.9. The summed E-state index contributed by atoms with van der Waals surface area (Å²) in [6.45, 7) is 3.75. The smallest absolute Gasteiger partial charge is 0.322 e. The molecule has 2 amide bonds. The number of rotatable bonds is 6. The quantitative estimate of drug-likeness (QED) is 0.596. The van der Waals surface area contributed by atoms with E-state index in [1.165, 1.54) is 0 Å². The lowest BCUT2D eigenvalue weighted by molar-refractivity contribution is 0.206. The van der Waals surface area contributed by atoms with Gasteiger partial charge in [-0.2, -0.15) is 0 Å². The number of nitrogens with one attached hydrogen (secondary N) is 1. The second kappa shape index (κ2) is 9.26. The van der Waals surface area contributed by atoms with Crippen molar-refractivity contribution in [2.75, 3.05) is 32.7 Å². The van der Waals surface area contributed by atoms with E-state index in [1.54, 1.807) is 48.7 Å². The fourth-order valence-electron chi connectivity index (χ4n) is 3.46. The van der Waals surface area contributed by atoms with Crippen LogP contribution in [0, 0.1) is 0 Å². The Kier molecular flexibility index (Phi) is 6.27. The molecular formula is C23H25N3O4S. The fourth-order valence-corrected chi connectivity index (χ4v) is 4.59. The van der Waals surface area contributed by atoms with E-state index < -0.39 is 0 Å². The summed E-state index contributed by atoms with van der Waals surface area (Å²) in [4.78, 5) is 20.6. The third kappa shape index (κ3) is 4.59. The number of aromatic nitrogens is 1. The molecule has 8 heteroatoms. The lowest BCUT2D eigenvalue weighted by Gasteiger charge is -2.26. The van der Waals surface area contributed by atoms with Crippen LogP contribution in [0.4, 0.5) is 10.5 Å². The van der Waals surface area contributed by atoms with E-state index >= 15 is 0 Å². The molecule has 0 radical (unpaired) electrons. The number of carbonyl (C=O) groups excluding carboxylic acids is 1. The van der Waals surface area contributed by atoms with Gasteiger partial charge in [0.2, 0.25) is 0 Å². The molecule has 3 aromatic rings. The van der Waals surface area contributed by atoms with Crippen LogP contribution in [0.15, 0.2) is 42.5 Å². The van der Waals surface area contributed by atoms with Crippen LogP contribution in [-0.4, -0.2) is 43.3 Å². The summed E-state index contributed by atoms with van der Waals surface area (Å²) < 4.78 is 16.1. The number of anilines is 1. The molecule has 1 N–H and O–H groups in total. The molecule has 0 saturated carbocycles. The molecule has 1 aliphatic heterocycles. The minimum absolute atomic E-state index is 0.173. The van der Waals surface area contributed by atoms with Crippen molar-refractivity contribution in [2.45, 2.75) is 19.9 Å². The largest absolute Gasteiger partial charge is 0.497 e. The average Bonchev–Trinajstić information content (AvgIpc) is 3.23. The zero-order valence-corrected chi connectivity index (χ0v) is 18.6. The Morgan fingerprint density at radius 3 is 2.61 bits per heavy atom. The van der Waals surface area contributed by atoms with E-state index in [0.717, 1.165) is 33.3 Å². The van der Waals surface area contributed by atoms with Gasteiger partial charge in [0.15, 0.2) is 0 Å². The molecule has 2 aromatic carbocycles. The van der Waals surface area contributed by atoms with E-state index in [-0.39, 0.29) is 6.03 Å². The molecule has 1 aromatic heterocycles. The Morgan fingerprint density at radius 1 is 1.13 bits per heavy atom. The van der Waals surface area contributed by atoms with Gasteiger partial charge in [-0.3, -0.25) is 0 Å². The molecule has 0 fully saturated rings. The summed E-state index contributed by atoms with van der Waals surface area (Å²) >= 11 is 1.63. The van der Waals surface area contributed by atoms with Crippen LogP contribution in [0.2, 0.25) is 0 Å². The zero-order chi connectivity index (χ0) is 21.8. The fraction of sp³-hybridized carbons (Fsp3) is 0.304. The number of nitrogens with zero attached hydrogens (tertiary/aromatic N) is 2. The van der Waals surface area contributed by atoms with Crippen molar-refractivity contribution in [1.29, 1.82) is 0 Å². The highest BCUT2D eigenvalue weighted by Crippen LogP contribution is 2.33. The van der Waals surface area contributed by atoms with Gasteiger partial charge in [-0.15, -0.1) is 11.3 Å². The minimum atomic E-state index is -0.173. The first-order valence-corrected chi connectivity index (χ1v) is 10.9. The molecule has 0 bridgehead atoms. The van der Waals surface area contributed by atoms with Gasteiger partial charge >= 0.3 is 6.03 Å². The number of thiazole rings is 1. The van der Waals surface area contributed by atoms with Crippen molar-refractivity contribution in [1.82, 2.24) is 9.88 Å². The Balaban J connectivity index is 1.47. The van der Waals surface area contributed by atoms with Crippen molar-refractivity contribution < 1.29 is 19.0 Å². The Hall–Kier alpha value is -3.26. The van der Waals surface area contributed by atoms with Gasteiger partial charge in [0.1, 0.15) is 22.3 Å². The molecule has 31 heavy (non-hydrogen) atoms. The van der Waals surface area contributed by atoms with Gasteiger partial charge < -0.3 is 24.4 Å². The Bertz CT molecular complexity index is 1070. The number of amides is 2. The van der Waals surface area contributed by atoms with Crippen LogP contribution in [0.1, 0.15) is 17.5 Å². The summed E-state index contributed by atoms with van der Waals surface area (Å²) in [7, 11) is 3.16. The maximum absolute atomic E-state index is 12.9. The molecule has 0 unspecified atom stereocenters. The van der Waals surface area contributed by atoms with Gasteiger partial charge in [0, 0.05) is 29.5 Å². The van der Waals surface area contributed by atoms with E-state index in [1.807, 2.05) is 31.2 Å². The number of carbonyl (C=O) groups is 1. The van der Waals surface area contributed by atoms with Gasteiger partial charge in [0.25, 0.3) is 0 Å². The number of methoxy groups -OCH3 is 2. The third-order valence-corrected chi connectivity index (χ3v) is 6.21. The molecular weight excluding hydrogens is 414 g/mol. The van der Waals surface area contributed by atoms with Crippen molar-refractivity contribution >= 4 is 23.1 Å². The van der Waals surface area contributed by atoms with Gasteiger partial charge in [-0.25, -0.2) is 9.78 Å². The summed E-state index contributed by atoms with van der Waals surface area (Å²) in [6, 6.07) is 13.1. The van der Waals surface area contributed by atoms with Crippen LogP contribution in [0.5, 0.6) is 17.2 Å². The molecule has 4 rings (SSSR count). The molecule has 2 heterocycles. The van der Waals surface area contributed by atoms with E-state index in [4.69, 9.17) is 19.2 Å². The second-order valence-electron chi connectivity index (χ2n) is 7.01. The van der Waals surface area contributed by atoms with Crippen molar-refractivity contribution in [3.8, 4) is 27.8 Å². The average molecular weight is 440 g/mol. The third-order valence-electron chi connectivity index (χ3n) is 5.08. The van der Waals surface area contributed by atoms with E-state index in [9.17, 15) is 4.79 Å². The van der Waals surface area contributed by atoms with E-state index in [2.05, 4.69) is 5.32 Å². The van der Waals surface area contributed by atoms with Crippen molar-refractivity contribution in [3.63, 3.8) is 0 Å². The molecule has 162 valence electrons. The standard InChI is InChI=1S/C23H25N3O4S/c1-4-30-16-7-5-15(6-8-16)22-24-18-11-12-26(14-21(18)31-22)23(27)25-19-13-17(28-2)9-10-20(19)29-3/h5-10,13H,4,11-12,14H2,1-3H3,(H,25,27). The van der Waals surface area contributed by atoms with Gasteiger partial charge in [-0.1, -0.05) is 0 Å². The van der Waals surface area contributed by atoms with Gasteiger partial charge in [-0.05, 0) is 43.3 Å². The summed E-state index contributed by atoms with van der Waals surface area (Å²) in [5.74, 6) is 2.09. The minimum Gasteiger partial charge on any atom is -0.497 e.